The van der Waals surface area contributed by atoms with Crippen molar-refractivity contribution >= 4 is 5.91 Å². The molecule has 1 heterocycles. The number of hydrogen-bond acceptors (Lipinski definition) is 10. The third-order valence-corrected chi connectivity index (χ3v) is 18.4. The summed E-state index contributed by atoms with van der Waals surface area (Å²) >= 11 is 0. The first-order valence-electron chi connectivity index (χ1n) is 36.9. The van der Waals surface area contributed by atoms with E-state index < -0.39 is 74.2 Å². The Morgan fingerprint density at radius 3 is 0.892 bits per heavy atom. The van der Waals surface area contributed by atoms with Gasteiger partial charge in [0.1, 0.15) is 36.6 Å². The van der Waals surface area contributed by atoms with Crippen LogP contribution in [0.4, 0.5) is 0 Å². The number of amides is 1. The SMILES string of the molecule is CCCCCCCCCCCCCCCCCCCCCCCCCCCCCCCCCCCCC(O)C(=O)NC(COC1OC(CO)C(O)C(O)C1O)C(O)C(O)CCCCCCCCCCCCCCCCCCCCCCCC. The molecule has 0 bridgehead atoms. The van der Waals surface area contributed by atoms with Crippen molar-refractivity contribution < 1.29 is 50.0 Å². The minimum absolute atomic E-state index is 0.268. The minimum Gasteiger partial charge on any atom is -0.394 e. The molecule has 11 heteroatoms. The van der Waals surface area contributed by atoms with Crippen LogP contribution in [0.25, 0.3) is 0 Å². The van der Waals surface area contributed by atoms with Gasteiger partial charge >= 0.3 is 0 Å². The summed E-state index contributed by atoms with van der Waals surface area (Å²) in [6, 6.07) is -1.16. The van der Waals surface area contributed by atoms with Crippen molar-refractivity contribution in [3.8, 4) is 0 Å². The van der Waals surface area contributed by atoms with Gasteiger partial charge in [-0.3, -0.25) is 4.79 Å². The Hall–Kier alpha value is -0.890. The fourth-order valence-electron chi connectivity index (χ4n) is 12.5. The first kappa shape index (κ1) is 80.1. The second kappa shape index (κ2) is 61.4. The molecule has 1 aliphatic heterocycles. The molecular weight excluding hydrogens is 1040 g/mol. The van der Waals surface area contributed by atoms with Crippen LogP contribution in [-0.4, -0.2) is 110 Å². The molecule has 0 saturated carbocycles. The van der Waals surface area contributed by atoms with Crippen molar-refractivity contribution in [1.82, 2.24) is 5.32 Å². The zero-order chi connectivity index (χ0) is 60.3. The van der Waals surface area contributed by atoms with Crippen LogP contribution < -0.4 is 5.32 Å². The van der Waals surface area contributed by atoms with Crippen molar-refractivity contribution in [1.29, 1.82) is 0 Å². The summed E-state index contributed by atoms with van der Waals surface area (Å²) in [7, 11) is 0. The Bertz CT molecular complexity index is 1310. The van der Waals surface area contributed by atoms with Crippen molar-refractivity contribution in [3.63, 3.8) is 0 Å². The first-order chi connectivity index (χ1) is 40.7. The molecule has 0 spiro atoms. The highest BCUT2D eigenvalue weighted by Crippen LogP contribution is 2.24. The molecule has 1 aliphatic rings. The summed E-state index contributed by atoms with van der Waals surface area (Å²) in [6.07, 6.45) is 63.4. The van der Waals surface area contributed by atoms with E-state index in [1.165, 1.54) is 308 Å². The summed E-state index contributed by atoms with van der Waals surface area (Å²) in [5.74, 6) is -0.686. The van der Waals surface area contributed by atoms with E-state index in [-0.39, 0.29) is 6.42 Å². The zero-order valence-electron chi connectivity index (χ0n) is 55.0. The second-order valence-corrected chi connectivity index (χ2v) is 26.4. The van der Waals surface area contributed by atoms with Crippen molar-refractivity contribution in [3.05, 3.63) is 0 Å². The molecule has 9 atom stereocenters. The summed E-state index contributed by atoms with van der Waals surface area (Å²) in [6.45, 7) is 3.53. The average Bonchev–Trinajstić information content (AvgIpc) is 3.68. The quantitative estimate of drug-likeness (QED) is 0.0272. The van der Waals surface area contributed by atoms with Crippen LogP contribution in [0.5, 0.6) is 0 Å². The lowest BCUT2D eigenvalue weighted by Crippen LogP contribution is -2.60. The van der Waals surface area contributed by atoms with Crippen LogP contribution in [0, 0.1) is 0 Å². The van der Waals surface area contributed by atoms with Gasteiger partial charge in [-0.1, -0.05) is 373 Å². The lowest BCUT2D eigenvalue weighted by molar-refractivity contribution is -0.303. The number of unbranched alkanes of at least 4 members (excludes halogenated alkanes) is 54. The summed E-state index contributed by atoms with van der Waals surface area (Å²) in [5, 5.41) is 76.6. The van der Waals surface area contributed by atoms with Crippen LogP contribution >= 0.6 is 0 Å². The Morgan fingerprint density at radius 2 is 0.627 bits per heavy atom. The predicted molar refractivity (Wildman–Crippen MR) is 349 cm³/mol. The van der Waals surface area contributed by atoms with Crippen LogP contribution in [0.15, 0.2) is 0 Å². The Morgan fingerprint density at radius 1 is 0.373 bits per heavy atom. The maximum atomic E-state index is 13.3. The number of hydrogen-bond donors (Lipinski definition) is 8. The van der Waals surface area contributed by atoms with Gasteiger partial charge in [-0.15, -0.1) is 0 Å². The molecule has 1 saturated heterocycles. The normalized spacial score (nSPS) is 18.9. The van der Waals surface area contributed by atoms with Gasteiger partial charge < -0.3 is 50.5 Å². The van der Waals surface area contributed by atoms with Crippen molar-refractivity contribution in [2.45, 2.75) is 441 Å². The van der Waals surface area contributed by atoms with E-state index in [0.29, 0.717) is 19.3 Å². The van der Waals surface area contributed by atoms with Gasteiger partial charge in [0, 0.05) is 0 Å². The van der Waals surface area contributed by atoms with E-state index in [9.17, 15) is 40.5 Å². The molecule has 0 aromatic rings. The molecule has 1 fully saturated rings. The van der Waals surface area contributed by atoms with Gasteiger partial charge in [0.05, 0.1) is 25.4 Å². The molecule has 1 rings (SSSR count). The topological polar surface area (TPSA) is 189 Å². The fourth-order valence-corrected chi connectivity index (χ4v) is 12.5. The monoisotopic (exact) mass is 1180 g/mol. The van der Waals surface area contributed by atoms with E-state index in [0.717, 1.165) is 38.5 Å². The number of ether oxygens (including phenoxy) is 2. The largest absolute Gasteiger partial charge is 0.394 e. The lowest BCUT2D eigenvalue weighted by Gasteiger charge is -2.40. The number of aliphatic hydroxyl groups excluding tert-OH is 7. The molecule has 0 aromatic heterocycles. The molecule has 1 amide bonds. The highest BCUT2D eigenvalue weighted by Gasteiger charge is 2.44. The highest BCUT2D eigenvalue weighted by atomic mass is 16.7. The summed E-state index contributed by atoms with van der Waals surface area (Å²) < 4.78 is 11.2. The maximum absolute atomic E-state index is 13.3. The van der Waals surface area contributed by atoms with E-state index >= 15 is 0 Å². The molecule has 0 radical (unpaired) electrons. The van der Waals surface area contributed by atoms with Crippen molar-refractivity contribution in [2.75, 3.05) is 13.2 Å². The van der Waals surface area contributed by atoms with Gasteiger partial charge in [-0.2, -0.15) is 0 Å². The smallest absolute Gasteiger partial charge is 0.249 e. The van der Waals surface area contributed by atoms with E-state index in [2.05, 4.69) is 19.2 Å². The molecule has 83 heavy (non-hydrogen) atoms. The van der Waals surface area contributed by atoms with Gasteiger partial charge in [-0.05, 0) is 12.8 Å². The molecule has 496 valence electrons. The standard InChI is InChI=1S/C72H143NO10/c1-3-5-7-9-11-13-15-17-19-21-23-25-27-28-29-30-31-32-33-34-35-36-37-38-40-42-44-46-48-50-52-54-56-58-60-65(76)71(81)73-63(62-82-72-70(80)69(79)68(78)66(61-74)83-72)67(77)64(75)59-57-55-53-51-49-47-45-43-41-39-26-24-22-20-18-16-14-12-10-8-6-4-2/h63-70,72,74-80H,3-62H2,1-2H3,(H,73,81). The minimum atomic E-state index is -1.66. The third kappa shape index (κ3) is 48.7. The predicted octanol–water partition coefficient (Wildman–Crippen LogP) is 18.0. The Kier molecular flexibility index (Phi) is 59.2. The molecular formula is C72H143NO10. The van der Waals surface area contributed by atoms with Gasteiger partial charge in [-0.25, -0.2) is 0 Å². The van der Waals surface area contributed by atoms with Gasteiger partial charge in [0.2, 0.25) is 5.91 Å². The zero-order valence-corrected chi connectivity index (χ0v) is 55.0. The van der Waals surface area contributed by atoms with Crippen LogP contribution in [0.3, 0.4) is 0 Å². The molecule has 9 unspecified atom stereocenters. The number of carbonyl (C=O) groups excluding carboxylic acids is 1. The number of aliphatic hydroxyl groups is 7. The molecule has 11 nitrogen and oxygen atoms in total. The third-order valence-electron chi connectivity index (χ3n) is 18.4. The van der Waals surface area contributed by atoms with E-state index in [4.69, 9.17) is 9.47 Å². The van der Waals surface area contributed by atoms with Crippen molar-refractivity contribution in [2.24, 2.45) is 0 Å². The number of nitrogens with one attached hydrogen (secondary N) is 1. The van der Waals surface area contributed by atoms with E-state index in [1.807, 2.05) is 0 Å². The van der Waals surface area contributed by atoms with E-state index in [1.54, 1.807) is 0 Å². The molecule has 0 aromatic carbocycles. The van der Waals surface area contributed by atoms with Crippen LogP contribution in [0.1, 0.15) is 386 Å². The van der Waals surface area contributed by atoms with Crippen LogP contribution in [-0.2, 0) is 14.3 Å². The average molecular weight is 1180 g/mol. The van der Waals surface area contributed by atoms with Crippen LogP contribution in [0.2, 0.25) is 0 Å². The number of carbonyl (C=O) groups is 1. The Balaban J connectivity index is 2.13. The van der Waals surface area contributed by atoms with Gasteiger partial charge in [0.15, 0.2) is 6.29 Å². The molecule has 8 N–H and O–H groups in total. The first-order valence-corrected chi connectivity index (χ1v) is 36.9. The lowest BCUT2D eigenvalue weighted by atomic mass is 9.98. The Labute approximate surface area is 513 Å². The molecule has 0 aliphatic carbocycles. The number of rotatable bonds is 66. The highest BCUT2D eigenvalue weighted by molar-refractivity contribution is 5.80. The van der Waals surface area contributed by atoms with Gasteiger partial charge in [0.25, 0.3) is 0 Å². The summed E-state index contributed by atoms with van der Waals surface area (Å²) in [5.41, 5.74) is 0. The summed E-state index contributed by atoms with van der Waals surface area (Å²) in [4.78, 5) is 13.3. The second-order valence-electron chi connectivity index (χ2n) is 26.4. The maximum Gasteiger partial charge on any atom is 0.249 e. The fraction of sp³-hybridized carbons (Fsp3) is 0.986.